The van der Waals surface area contributed by atoms with Gasteiger partial charge in [0.25, 0.3) is 0 Å². The maximum absolute atomic E-state index is 12.9. The van der Waals surface area contributed by atoms with Crippen LogP contribution >= 0.6 is 0 Å². The van der Waals surface area contributed by atoms with Crippen LogP contribution in [0.5, 0.6) is 5.75 Å². The summed E-state index contributed by atoms with van der Waals surface area (Å²) in [6.45, 7) is 6.18. The predicted octanol–water partition coefficient (Wildman–Crippen LogP) is 2.79. The highest BCUT2D eigenvalue weighted by molar-refractivity contribution is 5.95. The number of anilines is 1. The topological polar surface area (TPSA) is 36.0 Å². The highest BCUT2D eigenvalue weighted by Crippen LogP contribution is 2.26. The zero-order valence-electron chi connectivity index (χ0n) is 16.6. The highest BCUT2D eigenvalue weighted by Gasteiger charge is 2.25. The first kappa shape index (κ1) is 19.0. The molecule has 5 heteroatoms. The normalized spacial score (nSPS) is 18.0. The molecule has 0 atom stereocenters. The van der Waals surface area contributed by atoms with Gasteiger partial charge in [0, 0.05) is 45.0 Å². The van der Waals surface area contributed by atoms with Crippen molar-refractivity contribution >= 4 is 11.6 Å². The number of rotatable bonds is 5. The van der Waals surface area contributed by atoms with Crippen molar-refractivity contribution in [3.63, 3.8) is 0 Å². The fourth-order valence-electron chi connectivity index (χ4n) is 4.16. The van der Waals surface area contributed by atoms with Crippen LogP contribution < -0.4 is 9.64 Å². The number of piperazine rings is 1. The van der Waals surface area contributed by atoms with Gasteiger partial charge in [-0.05, 0) is 42.2 Å². The summed E-state index contributed by atoms with van der Waals surface area (Å²) in [5.74, 6) is 1.13. The number of hydrogen-bond acceptors (Lipinski definition) is 4. The van der Waals surface area contributed by atoms with Crippen LogP contribution in [0.15, 0.2) is 48.5 Å². The molecule has 0 spiro atoms. The van der Waals surface area contributed by atoms with Crippen molar-refractivity contribution in [3.8, 4) is 5.75 Å². The van der Waals surface area contributed by atoms with Gasteiger partial charge in [0.1, 0.15) is 5.75 Å². The third-order valence-corrected chi connectivity index (χ3v) is 5.80. The molecule has 2 heterocycles. The standard InChI is InChI=1S/C23H29N3O2/c1-28-21-10-8-19(9-11-21)17-24-13-15-25(16-14-24)18-23(27)26-12-4-6-20-5-2-3-7-22(20)26/h2-3,5,7-11H,4,6,12-18H2,1H3. The van der Waals surface area contributed by atoms with E-state index in [1.165, 1.54) is 11.1 Å². The first-order valence-corrected chi connectivity index (χ1v) is 10.2. The van der Waals surface area contributed by atoms with Gasteiger partial charge in [-0.15, -0.1) is 0 Å². The first-order chi connectivity index (χ1) is 13.7. The van der Waals surface area contributed by atoms with E-state index in [-0.39, 0.29) is 5.91 Å². The summed E-state index contributed by atoms with van der Waals surface area (Å²) < 4.78 is 5.23. The molecule has 148 valence electrons. The number of carbonyl (C=O) groups excluding carboxylic acids is 1. The van der Waals surface area contributed by atoms with Crippen molar-refractivity contribution in [2.45, 2.75) is 19.4 Å². The molecule has 2 aliphatic rings. The molecule has 28 heavy (non-hydrogen) atoms. The third-order valence-electron chi connectivity index (χ3n) is 5.80. The molecule has 0 radical (unpaired) electrons. The van der Waals surface area contributed by atoms with E-state index in [4.69, 9.17) is 4.74 Å². The number of para-hydroxylation sites is 1. The number of amides is 1. The summed E-state index contributed by atoms with van der Waals surface area (Å²) in [4.78, 5) is 19.7. The largest absolute Gasteiger partial charge is 0.497 e. The molecule has 0 saturated carbocycles. The van der Waals surface area contributed by atoms with Crippen molar-refractivity contribution in [2.24, 2.45) is 0 Å². The number of aryl methyl sites for hydroxylation is 1. The van der Waals surface area contributed by atoms with Gasteiger partial charge in [-0.2, -0.15) is 0 Å². The van der Waals surface area contributed by atoms with E-state index in [0.29, 0.717) is 6.54 Å². The van der Waals surface area contributed by atoms with E-state index < -0.39 is 0 Å². The van der Waals surface area contributed by atoms with Crippen LogP contribution in [0.2, 0.25) is 0 Å². The third kappa shape index (κ3) is 4.37. The highest BCUT2D eigenvalue weighted by atomic mass is 16.5. The van der Waals surface area contributed by atoms with E-state index in [9.17, 15) is 4.79 Å². The molecule has 4 rings (SSSR count). The van der Waals surface area contributed by atoms with E-state index >= 15 is 0 Å². The SMILES string of the molecule is COc1ccc(CN2CCN(CC(=O)N3CCCc4ccccc43)CC2)cc1. The monoisotopic (exact) mass is 379 g/mol. The number of benzene rings is 2. The molecular weight excluding hydrogens is 350 g/mol. The minimum absolute atomic E-state index is 0.232. The number of methoxy groups -OCH3 is 1. The summed E-state index contributed by atoms with van der Waals surface area (Å²) in [5, 5.41) is 0. The van der Waals surface area contributed by atoms with Crippen molar-refractivity contribution in [1.82, 2.24) is 9.80 Å². The minimum atomic E-state index is 0.232. The van der Waals surface area contributed by atoms with E-state index in [2.05, 4.69) is 40.1 Å². The number of fused-ring (bicyclic) bond motifs is 1. The molecule has 0 aliphatic carbocycles. The molecule has 5 nitrogen and oxygen atoms in total. The Morgan fingerprint density at radius 3 is 2.39 bits per heavy atom. The molecule has 1 saturated heterocycles. The second kappa shape index (κ2) is 8.76. The maximum Gasteiger partial charge on any atom is 0.241 e. The Hall–Kier alpha value is -2.37. The molecule has 2 aromatic rings. The molecule has 0 aromatic heterocycles. The van der Waals surface area contributed by atoms with Gasteiger partial charge in [-0.25, -0.2) is 0 Å². The zero-order chi connectivity index (χ0) is 19.3. The Kier molecular flexibility index (Phi) is 5.93. The predicted molar refractivity (Wildman–Crippen MR) is 112 cm³/mol. The Balaban J connectivity index is 1.28. The second-order valence-corrected chi connectivity index (χ2v) is 7.68. The summed E-state index contributed by atoms with van der Waals surface area (Å²) in [7, 11) is 1.69. The lowest BCUT2D eigenvalue weighted by molar-refractivity contribution is -0.120. The average molecular weight is 380 g/mol. The minimum Gasteiger partial charge on any atom is -0.497 e. The van der Waals surface area contributed by atoms with Crippen molar-refractivity contribution in [1.29, 1.82) is 0 Å². The van der Waals surface area contributed by atoms with Gasteiger partial charge in [0.05, 0.1) is 13.7 Å². The number of hydrogen-bond donors (Lipinski definition) is 0. The summed E-state index contributed by atoms with van der Waals surface area (Å²) in [6, 6.07) is 16.6. The van der Waals surface area contributed by atoms with E-state index in [1.807, 2.05) is 23.1 Å². The average Bonchev–Trinajstić information content (AvgIpc) is 2.75. The molecule has 1 amide bonds. The first-order valence-electron chi connectivity index (χ1n) is 10.2. The summed E-state index contributed by atoms with van der Waals surface area (Å²) >= 11 is 0. The van der Waals surface area contributed by atoms with Crippen LogP contribution in [0.3, 0.4) is 0 Å². The second-order valence-electron chi connectivity index (χ2n) is 7.68. The lowest BCUT2D eigenvalue weighted by Crippen LogP contribution is -2.50. The Morgan fingerprint density at radius 1 is 0.929 bits per heavy atom. The quantitative estimate of drug-likeness (QED) is 0.800. The smallest absolute Gasteiger partial charge is 0.241 e. The molecule has 2 aromatic carbocycles. The zero-order valence-corrected chi connectivity index (χ0v) is 16.6. The van der Waals surface area contributed by atoms with Crippen LogP contribution in [-0.2, 0) is 17.8 Å². The van der Waals surface area contributed by atoms with Crippen molar-refractivity contribution in [2.75, 3.05) is 51.3 Å². The van der Waals surface area contributed by atoms with Crippen LogP contribution in [0.25, 0.3) is 0 Å². The number of carbonyl (C=O) groups is 1. The van der Waals surface area contributed by atoms with Crippen LogP contribution in [0.4, 0.5) is 5.69 Å². The van der Waals surface area contributed by atoms with Crippen LogP contribution in [0, 0.1) is 0 Å². The van der Waals surface area contributed by atoms with Gasteiger partial charge in [-0.1, -0.05) is 30.3 Å². The number of ether oxygens (including phenoxy) is 1. The van der Waals surface area contributed by atoms with E-state index in [0.717, 1.165) is 63.5 Å². The molecule has 2 aliphatic heterocycles. The summed E-state index contributed by atoms with van der Waals surface area (Å²) in [5.41, 5.74) is 3.71. The van der Waals surface area contributed by atoms with Crippen molar-refractivity contribution < 1.29 is 9.53 Å². The van der Waals surface area contributed by atoms with Crippen LogP contribution in [0.1, 0.15) is 17.5 Å². The van der Waals surface area contributed by atoms with Crippen molar-refractivity contribution in [3.05, 3.63) is 59.7 Å². The Morgan fingerprint density at radius 2 is 1.64 bits per heavy atom. The van der Waals surface area contributed by atoms with Gasteiger partial charge in [0.2, 0.25) is 5.91 Å². The van der Waals surface area contributed by atoms with Gasteiger partial charge < -0.3 is 9.64 Å². The molecular formula is C23H29N3O2. The fraction of sp³-hybridized carbons (Fsp3) is 0.435. The molecule has 0 unspecified atom stereocenters. The van der Waals surface area contributed by atoms with Crippen LogP contribution in [-0.4, -0.2) is 62.1 Å². The van der Waals surface area contributed by atoms with E-state index in [1.54, 1.807) is 7.11 Å². The Bertz CT molecular complexity index is 798. The molecule has 1 fully saturated rings. The van der Waals surface area contributed by atoms with Gasteiger partial charge >= 0.3 is 0 Å². The lowest BCUT2D eigenvalue weighted by atomic mass is 10.0. The van der Waals surface area contributed by atoms with Gasteiger partial charge in [0.15, 0.2) is 0 Å². The fourth-order valence-corrected chi connectivity index (χ4v) is 4.16. The number of nitrogens with zero attached hydrogens (tertiary/aromatic N) is 3. The lowest BCUT2D eigenvalue weighted by Gasteiger charge is -2.36. The maximum atomic E-state index is 12.9. The van der Waals surface area contributed by atoms with Gasteiger partial charge in [-0.3, -0.25) is 14.6 Å². The molecule has 0 N–H and O–H groups in total. The Labute approximate surface area is 167 Å². The summed E-state index contributed by atoms with van der Waals surface area (Å²) in [6.07, 6.45) is 2.13. The molecule has 0 bridgehead atoms.